The first kappa shape index (κ1) is 17.9. The minimum atomic E-state index is -0.779. The summed E-state index contributed by atoms with van der Waals surface area (Å²) in [6, 6.07) is 24.8. The third kappa shape index (κ3) is 3.99. The zero-order valence-electron chi connectivity index (χ0n) is 15.2. The number of hydrogen-bond donors (Lipinski definition) is 1. The van der Waals surface area contributed by atoms with Crippen molar-refractivity contribution < 1.29 is 14.5 Å². The molecule has 0 aliphatic carbocycles. The van der Waals surface area contributed by atoms with Gasteiger partial charge in [-0.15, -0.1) is 0 Å². The summed E-state index contributed by atoms with van der Waals surface area (Å²) in [4.78, 5) is 11.2. The van der Waals surface area contributed by atoms with E-state index in [2.05, 4.69) is 54.8 Å². The highest BCUT2D eigenvalue weighted by molar-refractivity contribution is 5.69. The Labute approximate surface area is 154 Å². The first-order valence-electron chi connectivity index (χ1n) is 8.96. The zero-order chi connectivity index (χ0) is 18.5. The van der Waals surface area contributed by atoms with Gasteiger partial charge in [0.1, 0.15) is 6.42 Å². The first-order valence-corrected chi connectivity index (χ1v) is 8.96. The Hall–Kier alpha value is -2.94. The fourth-order valence-electron chi connectivity index (χ4n) is 3.22. The molecule has 0 fully saturated rings. The van der Waals surface area contributed by atoms with Crippen molar-refractivity contribution in [1.82, 2.24) is 0 Å². The van der Waals surface area contributed by atoms with E-state index < -0.39 is 5.97 Å². The molecule has 0 atom stereocenters. The monoisotopic (exact) mass is 346 g/mol. The average Bonchev–Trinajstić information content (AvgIpc) is 2.67. The third-order valence-corrected chi connectivity index (χ3v) is 4.52. The summed E-state index contributed by atoms with van der Waals surface area (Å²) in [6.07, 6.45) is 0.106. The molecular formula is C23H24NO2+. The Kier molecular flexibility index (Phi) is 5.47. The maximum atomic E-state index is 11.2. The molecule has 1 aromatic heterocycles. The number of carbonyl (C=O) groups is 1. The van der Waals surface area contributed by atoms with Gasteiger partial charge in [0, 0.05) is 23.6 Å². The predicted molar refractivity (Wildman–Crippen MR) is 104 cm³/mol. The molecule has 0 aliphatic heterocycles. The predicted octanol–water partition coefficient (Wildman–Crippen LogP) is 4.91. The van der Waals surface area contributed by atoms with E-state index >= 15 is 0 Å². The van der Waals surface area contributed by atoms with Gasteiger partial charge in [0.15, 0.2) is 12.2 Å². The average molecular weight is 346 g/mol. The van der Waals surface area contributed by atoms with Crippen molar-refractivity contribution in [3.8, 4) is 22.4 Å². The van der Waals surface area contributed by atoms with Crippen molar-refractivity contribution in [2.45, 2.75) is 32.7 Å². The Balaban J connectivity index is 2.22. The SMILES string of the molecule is CC(C)c1cc(-c2ccccc2)cc(-c2ccccc2)[n+]1CCC(=O)O. The fraction of sp³-hybridized carbons (Fsp3) is 0.217. The molecule has 3 rings (SSSR count). The Morgan fingerprint density at radius 1 is 0.885 bits per heavy atom. The van der Waals surface area contributed by atoms with Crippen molar-refractivity contribution in [3.05, 3.63) is 78.5 Å². The van der Waals surface area contributed by atoms with E-state index in [0.717, 1.165) is 28.1 Å². The lowest BCUT2D eigenvalue weighted by molar-refractivity contribution is -0.693. The van der Waals surface area contributed by atoms with Crippen molar-refractivity contribution in [1.29, 1.82) is 0 Å². The summed E-state index contributed by atoms with van der Waals surface area (Å²) in [5.41, 5.74) is 5.61. The maximum Gasteiger partial charge on any atom is 0.309 e. The van der Waals surface area contributed by atoms with Crippen LogP contribution in [0.25, 0.3) is 22.4 Å². The number of hydrogen-bond acceptors (Lipinski definition) is 1. The van der Waals surface area contributed by atoms with Crippen LogP contribution in [-0.2, 0) is 11.3 Å². The van der Waals surface area contributed by atoms with Crippen molar-refractivity contribution in [3.63, 3.8) is 0 Å². The third-order valence-electron chi connectivity index (χ3n) is 4.52. The minimum absolute atomic E-state index is 0.106. The molecule has 3 nitrogen and oxygen atoms in total. The molecule has 0 saturated carbocycles. The van der Waals surface area contributed by atoms with Crippen LogP contribution in [0, 0.1) is 0 Å². The molecule has 0 spiro atoms. The lowest BCUT2D eigenvalue weighted by Gasteiger charge is -2.14. The summed E-state index contributed by atoms with van der Waals surface area (Å²) in [7, 11) is 0. The lowest BCUT2D eigenvalue weighted by Crippen LogP contribution is -2.42. The van der Waals surface area contributed by atoms with Gasteiger partial charge in [0.05, 0.1) is 0 Å². The smallest absolute Gasteiger partial charge is 0.309 e. The highest BCUT2D eigenvalue weighted by Crippen LogP contribution is 2.27. The largest absolute Gasteiger partial charge is 0.481 e. The molecule has 1 heterocycles. The lowest BCUT2D eigenvalue weighted by atomic mass is 9.98. The molecule has 0 saturated heterocycles. The molecule has 0 unspecified atom stereocenters. The number of benzene rings is 2. The van der Waals surface area contributed by atoms with Crippen molar-refractivity contribution in [2.24, 2.45) is 0 Å². The summed E-state index contributed by atoms with van der Waals surface area (Å²) < 4.78 is 2.15. The van der Waals surface area contributed by atoms with E-state index in [4.69, 9.17) is 0 Å². The van der Waals surface area contributed by atoms with E-state index in [1.54, 1.807) is 0 Å². The number of carboxylic acids is 1. The summed E-state index contributed by atoms with van der Waals surface area (Å²) >= 11 is 0. The quantitative estimate of drug-likeness (QED) is 0.645. The summed E-state index contributed by atoms with van der Waals surface area (Å²) in [5.74, 6) is -0.492. The van der Waals surface area contributed by atoms with E-state index in [1.807, 2.05) is 36.4 Å². The van der Waals surface area contributed by atoms with Gasteiger partial charge in [-0.1, -0.05) is 62.4 Å². The molecule has 3 aromatic rings. The number of aromatic nitrogens is 1. The molecule has 3 heteroatoms. The number of nitrogens with zero attached hydrogens (tertiary/aromatic N) is 1. The van der Waals surface area contributed by atoms with Crippen molar-refractivity contribution >= 4 is 5.97 Å². The zero-order valence-corrected chi connectivity index (χ0v) is 15.2. The van der Waals surface area contributed by atoms with Gasteiger partial charge >= 0.3 is 5.97 Å². The summed E-state index contributed by atoms with van der Waals surface area (Å²) in [6.45, 7) is 4.76. The van der Waals surface area contributed by atoms with Gasteiger partial charge in [0.25, 0.3) is 0 Å². The van der Waals surface area contributed by atoms with Crippen LogP contribution in [0.5, 0.6) is 0 Å². The number of rotatable bonds is 6. The van der Waals surface area contributed by atoms with Crippen molar-refractivity contribution in [2.75, 3.05) is 0 Å². The fourth-order valence-corrected chi connectivity index (χ4v) is 3.22. The molecule has 2 aromatic carbocycles. The van der Waals surface area contributed by atoms with Gasteiger partial charge in [0.2, 0.25) is 5.69 Å². The molecule has 1 N–H and O–H groups in total. The van der Waals surface area contributed by atoms with Gasteiger partial charge in [-0.3, -0.25) is 4.79 Å². The van der Waals surface area contributed by atoms with Gasteiger partial charge in [-0.05, 0) is 23.3 Å². The first-order chi connectivity index (χ1) is 12.6. The van der Waals surface area contributed by atoms with E-state index in [-0.39, 0.29) is 12.3 Å². The number of carboxylic acid groups (broad SMARTS) is 1. The Bertz CT molecular complexity index is 887. The Morgan fingerprint density at radius 2 is 1.46 bits per heavy atom. The second-order valence-corrected chi connectivity index (χ2v) is 6.74. The second-order valence-electron chi connectivity index (χ2n) is 6.74. The molecule has 0 aliphatic rings. The van der Waals surface area contributed by atoms with Crippen LogP contribution in [0.15, 0.2) is 72.8 Å². The molecule has 0 radical (unpaired) electrons. The van der Waals surface area contributed by atoms with Gasteiger partial charge in [-0.2, -0.15) is 4.57 Å². The number of pyridine rings is 1. The molecular weight excluding hydrogens is 322 g/mol. The van der Waals surface area contributed by atoms with Crippen LogP contribution in [0.1, 0.15) is 31.9 Å². The van der Waals surface area contributed by atoms with Crippen LogP contribution >= 0.6 is 0 Å². The van der Waals surface area contributed by atoms with Crippen LogP contribution in [0.3, 0.4) is 0 Å². The molecule has 26 heavy (non-hydrogen) atoms. The molecule has 0 amide bonds. The van der Waals surface area contributed by atoms with E-state index in [0.29, 0.717) is 6.54 Å². The highest BCUT2D eigenvalue weighted by Gasteiger charge is 2.23. The highest BCUT2D eigenvalue weighted by atomic mass is 16.4. The normalized spacial score (nSPS) is 10.9. The number of aliphatic carboxylic acids is 1. The van der Waals surface area contributed by atoms with Gasteiger partial charge < -0.3 is 5.11 Å². The molecule has 0 bridgehead atoms. The standard InChI is InChI=1S/C23H23NO2/c1-17(2)21-15-20(18-9-5-3-6-10-18)16-22(19-11-7-4-8-12-19)24(21)14-13-23(25)26/h3-12,15-17H,13-14H2,1-2H3/p+1. The minimum Gasteiger partial charge on any atom is -0.481 e. The van der Waals surface area contributed by atoms with Crippen LogP contribution < -0.4 is 4.57 Å². The molecule has 132 valence electrons. The van der Waals surface area contributed by atoms with E-state index in [9.17, 15) is 9.90 Å². The van der Waals surface area contributed by atoms with E-state index in [1.165, 1.54) is 0 Å². The maximum absolute atomic E-state index is 11.2. The second kappa shape index (κ2) is 7.96. The van der Waals surface area contributed by atoms with Crippen LogP contribution in [0.4, 0.5) is 0 Å². The Morgan fingerprint density at radius 3 is 2.00 bits per heavy atom. The van der Waals surface area contributed by atoms with Crippen LogP contribution in [0.2, 0.25) is 0 Å². The van der Waals surface area contributed by atoms with Gasteiger partial charge in [-0.25, -0.2) is 0 Å². The van der Waals surface area contributed by atoms with Crippen LogP contribution in [-0.4, -0.2) is 11.1 Å². The topological polar surface area (TPSA) is 41.2 Å². The summed E-state index contributed by atoms with van der Waals surface area (Å²) in [5, 5.41) is 9.19.